The first-order valence-corrected chi connectivity index (χ1v) is 9.74. The molecule has 0 radical (unpaired) electrons. The highest BCUT2D eigenvalue weighted by Gasteiger charge is 2.24. The number of hydrogen-bond acceptors (Lipinski definition) is 5. The van der Waals surface area contributed by atoms with Gasteiger partial charge in [0.05, 0.1) is 21.3 Å². The maximum atomic E-state index is 13.0. The Balaban J connectivity index is 2.25. The number of hydrogen-bond donors (Lipinski definition) is 1. The minimum absolute atomic E-state index is 0.0290. The van der Waals surface area contributed by atoms with Crippen molar-refractivity contribution < 1.29 is 24.1 Å². The molecule has 0 saturated heterocycles. The Kier molecular flexibility index (Phi) is 8.30. The molecule has 0 bridgehead atoms. The molecular formula is C24H31NO5. The summed E-state index contributed by atoms with van der Waals surface area (Å²) in [4.78, 5) is 14.7. The van der Waals surface area contributed by atoms with E-state index in [9.17, 15) is 9.90 Å². The van der Waals surface area contributed by atoms with Gasteiger partial charge in [-0.25, -0.2) is 0 Å². The third kappa shape index (κ3) is 6.52. The maximum Gasteiger partial charge on any atom is 0.246 e. The van der Waals surface area contributed by atoms with Crippen LogP contribution in [0.5, 0.6) is 17.2 Å². The largest absolute Gasteiger partial charge is 0.497 e. The quantitative estimate of drug-likeness (QED) is 0.601. The van der Waals surface area contributed by atoms with Crippen molar-refractivity contribution in [1.82, 2.24) is 4.90 Å². The fourth-order valence-corrected chi connectivity index (χ4v) is 2.95. The van der Waals surface area contributed by atoms with E-state index in [4.69, 9.17) is 14.2 Å². The predicted molar refractivity (Wildman–Crippen MR) is 118 cm³/mol. The Morgan fingerprint density at radius 2 is 1.63 bits per heavy atom. The van der Waals surface area contributed by atoms with Crippen molar-refractivity contribution >= 4 is 12.0 Å². The molecule has 0 saturated carbocycles. The van der Waals surface area contributed by atoms with Crippen LogP contribution in [-0.4, -0.2) is 50.4 Å². The molecule has 162 valence electrons. The van der Waals surface area contributed by atoms with Crippen LogP contribution in [0.15, 0.2) is 48.5 Å². The van der Waals surface area contributed by atoms with E-state index in [1.807, 2.05) is 50.2 Å². The van der Waals surface area contributed by atoms with E-state index in [0.29, 0.717) is 24.6 Å². The number of aliphatic hydroxyl groups excluding tert-OH is 1. The number of aliphatic hydroxyl groups is 1. The standard InChI is InChI=1S/C24H31NO5/c1-24(2,17-26)16-25(15-19-9-12-21(29-4)14-22(19)30-5)23(27)13-8-18-6-10-20(28-3)11-7-18/h6-14,26H,15-17H2,1-5H3/b13-8+. The molecule has 0 heterocycles. The first-order valence-electron chi connectivity index (χ1n) is 9.74. The van der Waals surface area contributed by atoms with Crippen molar-refractivity contribution in [3.63, 3.8) is 0 Å². The van der Waals surface area contributed by atoms with E-state index in [-0.39, 0.29) is 12.5 Å². The lowest BCUT2D eigenvalue weighted by Crippen LogP contribution is -2.39. The Bertz CT molecular complexity index is 858. The van der Waals surface area contributed by atoms with Gasteiger partial charge in [-0.3, -0.25) is 4.79 Å². The SMILES string of the molecule is COc1ccc(/C=C/C(=O)N(Cc2ccc(OC)cc2OC)CC(C)(C)CO)cc1. The first-order chi connectivity index (χ1) is 14.3. The minimum Gasteiger partial charge on any atom is -0.497 e. The number of rotatable bonds is 10. The summed E-state index contributed by atoms with van der Waals surface area (Å²) < 4.78 is 15.9. The zero-order valence-corrected chi connectivity index (χ0v) is 18.3. The second-order valence-corrected chi connectivity index (χ2v) is 7.80. The highest BCUT2D eigenvalue weighted by Crippen LogP contribution is 2.27. The van der Waals surface area contributed by atoms with Gasteiger partial charge in [-0.05, 0) is 35.9 Å². The number of methoxy groups -OCH3 is 3. The van der Waals surface area contributed by atoms with E-state index < -0.39 is 5.41 Å². The molecule has 0 atom stereocenters. The molecule has 0 spiro atoms. The van der Waals surface area contributed by atoms with Crippen molar-refractivity contribution in [2.75, 3.05) is 34.5 Å². The normalized spacial score (nSPS) is 11.4. The molecule has 0 aromatic heterocycles. The van der Waals surface area contributed by atoms with Crippen molar-refractivity contribution in [1.29, 1.82) is 0 Å². The molecule has 2 rings (SSSR count). The molecule has 0 aliphatic heterocycles. The minimum atomic E-state index is -0.441. The van der Waals surface area contributed by atoms with Gasteiger partial charge < -0.3 is 24.2 Å². The van der Waals surface area contributed by atoms with Gasteiger partial charge in [-0.2, -0.15) is 0 Å². The zero-order valence-electron chi connectivity index (χ0n) is 18.3. The molecule has 2 aromatic carbocycles. The summed E-state index contributed by atoms with van der Waals surface area (Å²) >= 11 is 0. The second-order valence-electron chi connectivity index (χ2n) is 7.80. The maximum absolute atomic E-state index is 13.0. The van der Waals surface area contributed by atoms with Gasteiger partial charge in [0.1, 0.15) is 17.2 Å². The van der Waals surface area contributed by atoms with Crippen LogP contribution in [0.2, 0.25) is 0 Å². The first kappa shape index (κ1) is 23.3. The Morgan fingerprint density at radius 1 is 1.00 bits per heavy atom. The average Bonchev–Trinajstić information content (AvgIpc) is 2.77. The average molecular weight is 414 g/mol. The van der Waals surface area contributed by atoms with Gasteiger partial charge in [0.25, 0.3) is 0 Å². The number of carbonyl (C=O) groups excluding carboxylic acids is 1. The van der Waals surface area contributed by atoms with Gasteiger partial charge in [-0.1, -0.05) is 26.0 Å². The van der Waals surface area contributed by atoms with Crippen molar-refractivity contribution in [2.45, 2.75) is 20.4 Å². The van der Waals surface area contributed by atoms with Crippen molar-refractivity contribution in [2.24, 2.45) is 5.41 Å². The van der Waals surface area contributed by atoms with Gasteiger partial charge in [0, 0.05) is 42.8 Å². The number of ether oxygens (including phenoxy) is 3. The third-order valence-electron chi connectivity index (χ3n) is 4.75. The van der Waals surface area contributed by atoms with Crippen LogP contribution in [0.3, 0.4) is 0 Å². The van der Waals surface area contributed by atoms with Crippen LogP contribution in [-0.2, 0) is 11.3 Å². The highest BCUT2D eigenvalue weighted by molar-refractivity contribution is 5.91. The molecule has 0 fully saturated rings. The molecule has 6 heteroatoms. The summed E-state index contributed by atoms with van der Waals surface area (Å²) in [6, 6.07) is 13.0. The van der Waals surface area contributed by atoms with Gasteiger partial charge in [-0.15, -0.1) is 0 Å². The van der Waals surface area contributed by atoms with Gasteiger partial charge in [0.2, 0.25) is 5.91 Å². The molecule has 1 amide bonds. The lowest BCUT2D eigenvalue weighted by atomic mass is 9.93. The Morgan fingerprint density at radius 3 is 2.20 bits per heavy atom. The zero-order chi connectivity index (χ0) is 22.1. The molecule has 1 N–H and O–H groups in total. The summed E-state index contributed by atoms with van der Waals surface area (Å²) in [5, 5.41) is 9.71. The Hall–Kier alpha value is -2.99. The summed E-state index contributed by atoms with van der Waals surface area (Å²) in [6.45, 7) is 4.56. The van der Waals surface area contributed by atoms with E-state index in [2.05, 4.69) is 0 Å². The third-order valence-corrected chi connectivity index (χ3v) is 4.75. The van der Waals surface area contributed by atoms with Crippen LogP contribution >= 0.6 is 0 Å². The van der Waals surface area contributed by atoms with Crippen molar-refractivity contribution in [3.05, 3.63) is 59.7 Å². The summed E-state index contributed by atoms with van der Waals surface area (Å²) in [5.41, 5.74) is 1.31. The lowest BCUT2D eigenvalue weighted by molar-refractivity contribution is -0.128. The number of carbonyl (C=O) groups is 1. The van der Waals surface area contributed by atoms with Crippen LogP contribution < -0.4 is 14.2 Å². The summed E-state index contributed by atoms with van der Waals surface area (Å²) in [7, 11) is 4.80. The van der Waals surface area contributed by atoms with Crippen molar-refractivity contribution in [3.8, 4) is 17.2 Å². The molecule has 0 aliphatic carbocycles. The van der Waals surface area contributed by atoms with E-state index >= 15 is 0 Å². The van der Waals surface area contributed by atoms with Gasteiger partial charge in [0.15, 0.2) is 0 Å². The van der Waals surface area contributed by atoms with E-state index in [0.717, 1.165) is 16.9 Å². The molecule has 0 unspecified atom stereocenters. The summed E-state index contributed by atoms with van der Waals surface area (Å²) in [6.07, 6.45) is 3.32. The number of benzene rings is 2. The highest BCUT2D eigenvalue weighted by atomic mass is 16.5. The van der Waals surface area contributed by atoms with Crippen LogP contribution in [0.4, 0.5) is 0 Å². The van der Waals surface area contributed by atoms with Crippen LogP contribution in [0.1, 0.15) is 25.0 Å². The van der Waals surface area contributed by atoms with Crippen LogP contribution in [0.25, 0.3) is 6.08 Å². The van der Waals surface area contributed by atoms with E-state index in [1.165, 1.54) is 0 Å². The second kappa shape index (κ2) is 10.7. The smallest absolute Gasteiger partial charge is 0.246 e. The van der Waals surface area contributed by atoms with Crippen LogP contribution in [0, 0.1) is 5.41 Å². The predicted octanol–water partition coefficient (Wildman–Crippen LogP) is 3.77. The number of amides is 1. The topological polar surface area (TPSA) is 68.2 Å². The van der Waals surface area contributed by atoms with Gasteiger partial charge >= 0.3 is 0 Å². The fourth-order valence-electron chi connectivity index (χ4n) is 2.95. The molecule has 30 heavy (non-hydrogen) atoms. The summed E-state index contributed by atoms with van der Waals surface area (Å²) in [5.74, 6) is 1.94. The molecule has 2 aromatic rings. The molecule has 0 aliphatic rings. The fraction of sp³-hybridized carbons (Fsp3) is 0.375. The number of nitrogens with zero attached hydrogens (tertiary/aromatic N) is 1. The monoisotopic (exact) mass is 413 g/mol. The molecular weight excluding hydrogens is 382 g/mol. The lowest BCUT2D eigenvalue weighted by Gasteiger charge is -2.31. The molecule has 6 nitrogen and oxygen atoms in total. The Labute approximate surface area is 178 Å². The van der Waals surface area contributed by atoms with E-state index in [1.54, 1.807) is 44.4 Å².